The fourth-order valence-corrected chi connectivity index (χ4v) is 3.56. The van der Waals surface area contributed by atoms with E-state index in [2.05, 4.69) is 63.8 Å². The molecule has 0 amide bonds. The highest BCUT2D eigenvalue weighted by Gasteiger charge is 2.05. The zero-order valence-corrected chi connectivity index (χ0v) is 17.0. The van der Waals surface area contributed by atoms with E-state index in [0.29, 0.717) is 6.54 Å². The number of aromatic amines is 2. The van der Waals surface area contributed by atoms with Crippen LogP contribution in [0.3, 0.4) is 0 Å². The first-order chi connectivity index (χ1) is 14.2. The van der Waals surface area contributed by atoms with Crippen molar-refractivity contribution in [3.05, 3.63) is 65.6 Å². The van der Waals surface area contributed by atoms with Gasteiger partial charge in [0.05, 0.1) is 11.0 Å². The van der Waals surface area contributed by atoms with E-state index in [1.165, 1.54) is 22.0 Å². The second-order valence-corrected chi connectivity index (χ2v) is 7.25. The van der Waals surface area contributed by atoms with Crippen LogP contribution in [0.2, 0.25) is 0 Å². The van der Waals surface area contributed by atoms with Gasteiger partial charge in [-0.3, -0.25) is 4.99 Å². The maximum absolute atomic E-state index is 4.70. The summed E-state index contributed by atoms with van der Waals surface area (Å²) in [6.45, 7) is 6.55. The Morgan fingerprint density at radius 2 is 1.97 bits per heavy atom. The number of rotatable bonds is 7. The molecular formula is C23H28N6. The number of H-pyrrole nitrogens is 2. The Morgan fingerprint density at radius 1 is 1.07 bits per heavy atom. The normalized spacial score (nSPS) is 12.0. The third-order valence-corrected chi connectivity index (χ3v) is 5.01. The minimum absolute atomic E-state index is 0.682. The number of nitrogens with one attached hydrogen (secondary N) is 4. The first-order valence-corrected chi connectivity index (χ1v) is 10.3. The summed E-state index contributed by atoms with van der Waals surface area (Å²) in [5.41, 5.74) is 5.88. The number of aryl methyl sites for hydroxylation is 1. The van der Waals surface area contributed by atoms with Gasteiger partial charge < -0.3 is 20.6 Å². The summed E-state index contributed by atoms with van der Waals surface area (Å²) in [6, 6.07) is 14.6. The van der Waals surface area contributed by atoms with Gasteiger partial charge in [0.15, 0.2) is 5.96 Å². The first-order valence-electron chi connectivity index (χ1n) is 10.3. The molecule has 0 aliphatic rings. The van der Waals surface area contributed by atoms with Crippen LogP contribution in [0.1, 0.15) is 23.9 Å². The van der Waals surface area contributed by atoms with Crippen LogP contribution in [0.5, 0.6) is 0 Å². The lowest BCUT2D eigenvalue weighted by molar-refractivity contribution is 0.794. The van der Waals surface area contributed by atoms with Crippen molar-refractivity contribution in [1.82, 2.24) is 25.6 Å². The quantitative estimate of drug-likeness (QED) is 0.288. The molecule has 0 fully saturated rings. The van der Waals surface area contributed by atoms with Crippen LogP contribution in [0.15, 0.2) is 53.7 Å². The van der Waals surface area contributed by atoms with E-state index in [1.807, 2.05) is 24.3 Å². The molecule has 0 aliphatic heterocycles. The Bertz CT molecular complexity index is 1090. The fraction of sp³-hybridized carbons (Fsp3) is 0.304. The fourth-order valence-electron chi connectivity index (χ4n) is 3.56. The lowest BCUT2D eigenvalue weighted by Crippen LogP contribution is -2.38. The smallest absolute Gasteiger partial charge is 0.191 e. The molecule has 0 aliphatic carbocycles. The average Bonchev–Trinajstić information content (AvgIpc) is 3.31. The molecule has 0 bridgehead atoms. The standard InChI is InChI=1S/C23H28N6/c1-3-24-23(26-13-11-22-28-19-6-4-5-7-20(19)29-22)25-12-10-17-15-27-21-14-16(2)8-9-18(17)21/h4-9,14-15,27H,3,10-13H2,1-2H3,(H,28,29)(H2,24,25,26). The number of aromatic nitrogens is 3. The van der Waals surface area contributed by atoms with Gasteiger partial charge in [-0.25, -0.2) is 4.98 Å². The van der Waals surface area contributed by atoms with E-state index >= 15 is 0 Å². The highest BCUT2D eigenvalue weighted by molar-refractivity contribution is 5.84. The molecule has 150 valence electrons. The summed E-state index contributed by atoms with van der Waals surface area (Å²) in [7, 11) is 0. The third kappa shape index (κ3) is 4.59. The summed E-state index contributed by atoms with van der Waals surface area (Å²) in [4.78, 5) is 16.0. The number of aliphatic imine (C=N–C) groups is 1. The van der Waals surface area contributed by atoms with Gasteiger partial charge >= 0.3 is 0 Å². The number of guanidine groups is 1. The van der Waals surface area contributed by atoms with Crippen molar-refractivity contribution in [1.29, 1.82) is 0 Å². The Hall–Kier alpha value is -3.28. The van der Waals surface area contributed by atoms with E-state index in [4.69, 9.17) is 4.99 Å². The van der Waals surface area contributed by atoms with E-state index in [0.717, 1.165) is 48.7 Å². The van der Waals surface area contributed by atoms with Crippen LogP contribution in [-0.2, 0) is 12.8 Å². The number of nitrogens with zero attached hydrogens (tertiary/aromatic N) is 2. The number of benzene rings is 2. The Labute approximate surface area is 170 Å². The van der Waals surface area contributed by atoms with Gasteiger partial charge in [0.2, 0.25) is 0 Å². The van der Waals surface area contributed by atoms with Gasteiger partial charge in [-0.1, -0.05) is 24.3 Å². The van der Waals surface area contributed by atoms with Crippen LogP contribution in [0.25, 0.3) is 21.9 Å². The number of hydrogen-bond donors (Lipinski definition) is 4. The molecule has 2 aromatic carbocycles. The summed E-state index contributed by atoms with van der Waals surface area (Å²) < 4.78 is 0. The molecule has 0 saturated carbocycles. The molecule has 0 saturated heterocycles. The molecule has 4 N–H and O–H groups in total. The minimum Gasteiger partial charge on any atom is -0.361 e. The largest absolute Gasteiger partial charge is 0.361 e. The minimum atomic E-state index is 0.682. The molecule has 4 aromatic rings. The topological polar surface area (TPSA) is 80.9 Å². The molecule has 2 heterocycles. The van der Waals surface area contributed by atoms with Crippen molar-refractivity contribution in [2.45, 2.75) is 26.7 Å². The molecule has 29 heavy (non-hydrogen) atoms. The molecule has 0 unspecified atom stereocenters. The Kier molecular flexibility index (Phi) is 5.79. The van der Waals surface area contributed by atoms with Gasteiger partial charge in [0.25, 0.3) is 0 Å². The summed E-state index contributed by atoms with van der Waals surface area (Å²) in [5.74, 6) is 1.82. The SMILES string of the molecule is CCNC(=NCCc1nc2ccccc2[nH]1)NCCc1c[nH]c2cc(C)ccc12. The number of fused-ring (bicyclic) bond motifs is 2. The highest BCUT2D eigenvalue weighted by Crippen LogP contribution is 2.19. The van der Waals surface area contributed by atoms with Crippen LogP contribution >= 0.6 is 0 Å². The second kappa shape index (κ2) is 8.82. The Morgan fingerprint density at radius 3 is 2.83 bits per heavy atom. The molecule has 0 spiro atoms. The molecule has 0 atom stereocenters. The molecule has 6 heteroatoms. The van der Waals surface area contributed by atoms with Gasteiger partial charge in [0, 0.05) is 43.2 Å². The molecule has 4 rings (SSSR count). The van der Waals surface area contributed by atoms with Crippen molar-refractivity contribution in [3.63, 3.8) is 0 Å². The predicted molar refractivity (Wildman–Crippen MR) is 121 cm³/mol. The molecule has 0 radical (unpaired) electrons. The first kappa shape index (κ1) is 19.1. The van der Waals surface area contributed by atoms with Gasteiger partial charge in [0.1, 0.15) is 5.82 Å². The van der Waals surface area contributed by atoms with Crippen molar-refractivity contribution in [3.8, 4) is 0 Å². The maximum atomic E-state index is 4.70. The zero-order chi connectivity index (χ0) is 20.1. The zero-order valence-electron chi connectivity index (χ0n) is 17.0. The van der Waals surface area contributed by atoms with Gasteiger partial charge in [-0.15, -0.1) is 0 Å². The van der Waals surface area contributed by atoms with Gasteiger partial charge in [-0.2, -0.15) is 0 Å². The predicted octanol–water partition coefficient (Wildman–Crippen LogP) is 3.69. The lowest BCUT2D eigenvalue weighted by Gasteiger charge is -2.11. The van der Waals surface area contributed by atoms with Crippen LogP contribution in [0, 0.1) is 6.92 Å². The van der Waals surface area contributed by atoms with Crippen LogP contribution < -0.4 is 10.6 Å². The Balaban J connectivity index is 1.33. The summed E-state index contributed by atoms with van der Waals surface area (Å²) >= 11 is 0. The highest BCUT2D eigenvalue weighted by atomic mass is 15.2. The average molecular weight is 389 g/mol. The van der Waals surface area contributed by atoms with Crippen LogP contribution in [0.4, 0.5) is 0 Å². The summed E-state index contributed by atoms with van der Waals surface area (Å²) in [5, 5.41) is 8.06. The number of hydrogen-bond acceptors (Lipinski definition) is 2. The second-order valence-electron chi connectivity index (χ2n) is 7.25. The van der Waals surface area contributed by atoms with E-state index < -0.39 is 0 Å². The summed E-state index contributed by atoms with van der Waals surface area (Å²) in [6.07, 6.45) is 3.83. The van der Waals surface area contributed by atoms with Crippen molar-refractivity contribution >= 4 is 27.9 Å². The van der Waals surface area contributed by atoms with E-state index in [1.54, 1.807) is 0 Å². The molecule has 6 nitrogen and oxygen atoms in total. The van der Waals surface area contributed by atoms with E-state index in [9.17, 15) is 0 Å². The third-order valence-electron chi connectivity index (χ3n) is 5.01. The van der Waals surface area contributed by atoms with Crippen molar-refractivity contribution in [2.75, 3.05) is 19.6 Å². The molecule has 2 aromatic heterocycles. The monoisotopic (exact) mass is 388 g/mol. The van der Waals surface area contributed by atoms with Crippen molar-refractivity contribution < 1.29 is 0 Å². The van der Waals surface area contributed by atoms with E-state index in [-0.39, 0.29) is 0 Å². The van der Waals surface area contributed by atoms with Crippen molar-refractivity contribution in [2.24, 2.45) is 4.99 Å². The lowest BCUT2D eigenvalue weighted by atomic mass is 10.1. The maximum Gasteiger partial charge on any atom is 0.191 e. The number of imidazole rings is 1. The van der Waals surface area contributed by atoms with Gasteiger partial charge in [-0.05, 0) is 49.6 Å². The number of para-hydroxylation sites is 2. The molecular weight excluding hydrogens is 360 g/mol. The van der Waals surface area contributed by atoms with Crippen LogP contribution in [-0.4, -0.2) is 40.5 Å².